The molecule has 1 aromatic carbocycles. The van der Waals surface area contributed by atoms with Crippen LogP contribution in [0.2, 0.25) is 0 Å². The maximum atomic E-state index is 12.0. The van der Waals surface area contributed by atoms with Crippen LogP contribution in [0.1, 0.15) is 42.2 Å². The Balaban J connectivity index is 1.77. The van der Waals surface area contributed by atoms with Crippen LogP contribution < -0.4 is 11.1 Å². The maximum Gasteiger partial charge on any atom is 0.267 e. The van der Waals surface area contributed by atoms with E-state index < -0.39 is 5.91 Å². The Morgan fingerprint density at radius 2 is 1.82 bits per heavy atom. The van der Waals surface area contributed by atoms with Crippen LogP contribution in [0.5, 0.6) is 0 Å². The summed E-state index contributed by atoms with van der Waals surface area (Å²) in [5.41, 5.74) is 8.92. The van der Waals surface area contributed by atoms with E-state index in [2.05, 4.69) is 22.2 Å². The fourth-order valence-electron chi connectivity index (χ4n) is 3.04. The number of benzene rings is 1. The summed E-state index contributed by atoms with van der Waals surface area (Å²) in [5.74, 6) is -0.534. The van der Waals surface area contributed by atoms with Crippen molar-refractivity contribution in [3.8, 4) is 11.1 Å². The number of unbranched alkanes of at least 4 members (excludes halogenated alkanes) is 2. The van der Waals surface area contributed by atoms with Gasteiger partial charge in [-0.25, -0.2) is 4.98 Å². The van der Waals surface area contributed by atoms with Gasteiger partial charge in [-0.15, -0.1) is 0 Å². The molecule has 0 aliphatic carbocycles. The van der Waals surface area contributed by atoms with Crippen LogP contribution in [0.25, 0.3) is 22.0 Å². The Kier molecular flexibility index (Phi) is 6.32. The molecule has 144 valence electrons. The molecule has 0 atom stereocenters. The molecular formula is C22H24N4O2. The Hall–Kier alpha value is -3.28. The van der Waals surface area contributed by atoms with Crippen LogP contribution in [0.15, 0.2) is 48.8 Å². The number of rotatable bonds is 8. The highest BCUT2D eigenvalue weighted by molar-refractivity contribution is 5.97. The fraction of sp³-hybridized carbons (Fsp3) is 0.273. The maximum absolute atomic E-state index is 12.0. The Morgan fingerprint density at radius 1 is 1.04 bits per heavy atom. The van der Waals surface area contributed by atoms with E-state index in [-0.39, 0.29) is 11.6 Å². The molecule has 0 bridgehead atoms. The van der Waals surface area contributed by atoms with Crippen LogP contribution >= 0.6 is 0 Å². The number of amides is 2. The molecule has 0 radical (unpaired) electrons. The van der Waals surface area contributed by atoms with E-state index in [9.17, 15) is 9.59 Å². The second-order valence-corrected chi connectivity index (χ2v) is 6.75. The summed E-state index contributed by atoms with van der Waals surface area (Å²) in [6.45, 7) is 2.86. The van der Waals surface area contributed by atoms with Crippen molar-refractivity contribution < 1.29 is 9.59 Å². The minimum Gasteiger partial charge on any atom is -0.364 e. The van der Waals surface area contributed by atoms with Crippen molar-refractivity contribution >= 4 is 22.7 Å². The zero-order valence-corrected chi connectivity index (χ0v) is 15.9. The molecule has 0 spiro atoms. The number of carbonyl (C=O) groups is 2. The summed E-state index contributed by atoms with van der Waals surface area (Å²) >= 11 is 0. The lowest BCUT2D eigenvalue weighted by Crippen LogP contribution is -2.26. The first kappa shape index (κ1) is 19.5. The van der Waals surface area contributed by atoms with Gasteiger partial charge in [-0.1, -0.05) is 44.0 Å². The van der Waals surface area contributed by atoms with Gasteiger partial charge in [0, 0.05) is 29.9 Å². The topological polar surface area (TPSA) is 98.0 Å². The van der Waals surface area contributed by atoms with E-state index in [1.165, 1.54) is 0 Å². The largest absolute Gasteiger partial charge is 0.364 e. The predicted octanol–water partition coefficient (Wildman–Crippen LogP) is 3.24. The Bertz CT molecular complexity index is 983. The average Bonchev–Trinajstić information content (AvgIpc) is 2.71. The molecule has 0 aliphatic heterocycles. The highest BCUT2D eigenvalue weighted by Gasteiger charge is 2.10. The molecule has 2 aromatic heterocycles. The standard InChI is InChI=1S/C22H24N4O2/c1-2-3-4-11-25-20(27)12-15-5-7-16(8-6-15)18-14-24-13-17-9-10-19(22(23)28)26-21(17)18/h5-10,13-14H,2-4,11-12H2,1H3,(H2,23,28)(H,25,27). The summed E-state index contributed by atoms with van der Waals surface area (Å²) in [6, 6.07) is 11.1. The van der Waals surface area contributed by atoms with E-state index >= 15 is 0 Å². The van der Waals surface area contributed by atoms with Crippen LogP contribution in [0, 0.1) is 0 Å². The molecule has 0 aliphatic rings. The van der Waals surface area contributed by atoms with Crippen LogP contribution in [-0.4, -0.2) is 28.3 Å². The molecule has 2 amide bonds. The van der Waals surface area contributed by atoms with Gasteiger partial charge < -0.3 is 11.1 Å². The SMILES string of the molecule is CCCCCNC(=O)Cc1ccc(-c2cncc3ccc(C(N)=O)nc23)cc1. The Labute approximate surface area is 164 Å². The number of nitrogens with one attached hydrogen (secondary N) is 1. The summed E-state index contributed by atoms with van der Waals surface area (Å²) in [5, 5.41) is 3.78. The molecule has 6 heteroatoms. The molecule has 3 rings (SSSR count). The lowest BCUT2D eigenvalue weighted by atomic mass is 10.0. The minimum atomic E-state index is -0.565. The predicted molar refractivity (Wildman–Crippen MR) is 110 cm³/mol. The molecule has 28 heavy (non-hydrogen) atoms. The smallest absolute Gasteiger partial charge is 0.267 e. The highest BCUT2D eigenvalue weighted by Crippen LogP contribution is 2.26. The first-order valence-corrected chi connectivity index (χ1v) is 9.49. The molecule has 6 nitrogen and oxygen atoms in total. The molecular weight excluding hydrogens is 352 g/mol. The van der Waals surface area contributed by atoms with Gasteiger partial charge in [0.25, 0.3) is 5.91 Å². The molecule has 0 unspecified atom stereocenters. The van der Waals surface area contributed by atoms with Crippen molar-refractivity contribution in [1.29, 1.82) is 0 Å². The Morgan fingerprint density at radius 3 is 2.54 bits per heavy atom. The second-order valence-electron chi connectivity index (χ2n) is 6.75. The summed E-state index contributed by atoms with van der Waals surface area (Å²) in [6.07, 6.45) is 7.04. The van der Waals surface area contributed by atoms with Crippen molar-refractivity contribution in [2.24, 2.45) is 5.73 Å². The van der Waals surface area contributed by atoms with E-state index in [1.54, 1.807) is 24.5 Å². The van der Waals surface area contributed by atoms with Crippen LogP contribution in [-0.2, 0) is 11.2 Å². The van der Waals surface area contributed by atoms with Crippen LogP contribution in [0.3, 0.4) is 0 Å². The number of aromatic nitrogens is 2. The normalized spacial score (nSPS) is 10.8. The monoisotopic (exact) mass is 376 g/mol. The van der Waals surface area contributed by atoms with Gasteiger partial charge in [0.2, 0.25) is 5.91 Å². The van der Waals surface area contributed by atoms with E-state index in [4.69, 9.17) is 5.73 Å². The zero-order valence-electron chi connectivity index (χ0n) is 15.9. The van der Waals surface area contributed by atoms with E-state index in [1.807, 2.05) is 24.3 Å². The van der Waals surface area contributed by atoms with Gasteiger partial charge in [-0.3, -0.25) is 14.6 Å². The number of hydrogen-bond acceptors (Lipinski definition) is 4. The van der Waals surface area contributed by atoms with Gasteiger partial charge in [0.15, 0.2) is 0 Å². The average molecular weight is 376 g/mol. The molecule has 0 fully saturated rings. The van der Waals surface area contributed by atoms with Crippen molar-refractivity contribution in [1.82, 2.24) is 15.3 Å². The molecule has 2 heterocycles. The lowest BCUT2D eigenvalue weighted by molar-refractivity contribution is -0.120. The zero-order chi connectivity index (χ0) is 19.9. The third kappa shape index (κ3) is 4.71. The summed E-state index contributed by atoms with van der Waals surface area (Å²) < 4.78 is 0. The van der Waals surface area contributed by atoms with Crippen molar-refractivity contribution in [3.63, 3.8) is 0 Å². The number of carbonyl (C=O) groups excluding carboxylic acids is 2. The number of nitrogens with two attached hydrogens (primary N) is 1. The van der Waals surface area contributed by atoms with Gasteiger partial charge >= 0.3 is 0 Å². The number of fused-ring (bicyclic) bond motifs is 1. The molecule has 0 saturated carbocycles. The van der Waals surface area contributed by atoms with Gasteiger partial charge in [-0.05, 0) is 29.7 Å². The van der Waals surface area contributed by atoms with Crippen molar-refractivity contribution in [2.45, 2.75) is 32.6 Å². The molecule has 3 N–H and O–H groups in total. The van der Waals surface area contributed by atoms with E-state index in [0.29, 0.717) is 11.9 Å². The van der Waals surface area contributed by atoms with Gasteiger partial charge in [-0.2, -0.15) is 0 Å². The number of pyridine rings is 2. The second kappa shape index (κ2) is 9.08. The highest BCUT2D eigenvalue weighted by atomic mass is 16.2. The van der Waals surface area contributed by atoms with Gasteiger partial charge in [0.05, 0.1) is 11.9 Å². The fourth-order valence-corrected chi connectivity index (χ4v) is 3.04. The first-order valence-electron chi connectivity index (χ1n) is 9.49. The summed E-state index contributed by atoms with van der Waals surface area (Å²) in [4.78, 5) is 32.1. The quantitative estimate of drug-likeness (QED) is 0.590. The van der Waals surface area contributed by atoms with Gasteiger partial charge in [0.1, 0.15) is 5.69 Å². The van der Waals surface area contributed by atoms with E-state index in [0.717, 1.165) is 47.9 Å². The van der Waals surface area contributed by atoms with Crippen molar-refractivity contribution in [2.75, 3.05) is 6.54 Å². The van der Waals surface area contributed by atoms with Crippen molar-refractivity contribution in [3.05, 3.63) is 60.0 Å². The lowest BCUT2D eigenvalue weighted by Gasteiger charge is -2.08. The minimum absolute atomic E-state index is 0.0310. The molecule has 0 saturated heterocycles. The van der Waals surface area contributed by atoms with Crippen LogP contribution in [0.4, 0.5) is 0 Å². The third-order valence-corrected chi connectivity index (χ3v) is 4.58. The first-order chi connectivity index (χ1) is 13.6. The summed E-state index contributed by atoms with van der Waals surface area (Å²) in [7, 11) is 0. The number of hydrogen-bond donors (Lipinski definition) is 2. The number of nitrogens with zero attached hydrogens (tertiary/aromatic N) is 2. The number of primary amides is 1. The molecule has 3 aromatic rings. The third-order valence-electron chi connectivity index (χ3n) is 4.58.